The highest BCUT2D eigenvalue weighted by Gasteiger charge is 2.19. The van der Waals surface area contributed by atoms with E-state index in [1.165, 1.54) is 29.8 Å². The third kappa shape index (κ3) is 9.25. The number of phenolic OH excluding ortho intramolecular Hbond substituents is 1. The number of rotatable bonds is 11. The molecule has 3 amide bonds. The predicted molar refractivity (Wildman–Crippen MR) is 198 cm³/mol. The van der Waals surface area contributed by atoms with Crippen LogP contribution in [0.3, 0.4) is 0 Å². The summed E-state index contributed by atoms with van der Waals surface area (Å²) in [5, 5.41) is 29.5. The van der Waals surface area contributed by atoms with Gasteiger partial charge in [-0.1, -0.05) is 74.3 Å². The summed E-state index contributed by atoms with van der Waals surface area (Å²) < 4.78 is 7.50. The maximum absolute atomic E-state index is 13.5. The van der Waals surface area contributed by atoms with Crippen molar-refractivity contribution in [2.75, 3.05) is 12.4 Å². The first-order chi connectivity index (χ1) is 23.6. The van der Waals surface area contributed by atoms with Gasteiger partial charge < -0.3 is 31.2 Å². The number of carbonyl (C=O) groups is 2. The van der Waals surface area contributed by atoms with E-state index in [-0.39, 0.29) is 52.1 Å². The number of hydrogen-bond acceptors (Lipinski definition) is 7. The van der Waals surface area contributed by atoms with Gasteiger partial charge in [0.1, 0.15) is 28.9 Å². The number of allylic oxidation sites excluding steroid dienone is 1. The van der Waals surface area contributed by atoms with Crippen molar-refractivity contribution in [2.45, 2.75) is 47.8 Å². The average Bonchev–Trinajstić information content (AvgIpc) is 3.06. The Kier molecular flexibility index (Phi) is 12.0. The number of pyridine rings is 1. The normalized spacial score (nSPS) is 11.5. The molecular weight excluding hydrogens is 679 g/mol. The van der Waals surface area contributed by atoms with Crippen molar-refractivity contribution >= 4 is 46.5 Å². The fraction of sp³-hybridized carbons (Fsp3) is 0.243. The van der Waals surface area contributed by atoms with Gasteiger partial charge in [0.15, 0.2) is 0 Å². The Morgan fingerprint density at radius 2 is 1.70 bits per heavy atom. The quantitative estimate of drug-likeness (QED) is 0.0710. The molecule has 11 nitrogen and oxygen atoms in total. The van der Waals surface area contributed by atoms with Gasteiger partial charge >= 0.3 is 6.03 Å². The van der Waals surface area contributed by atoms with E-state index in [4.69, 9.17) is 33.3 Å². The molecule has 1 aromatic heterocycles. The van der Waals surface area contributed by atoms with E-state index in [1.807, 2.05) is 52.0 Å². The van der Waals surface area contributed by atoms with Crippen molar-refractivity contribution in [1.29, 1.82) is 5.41 Å². The molecule has 1 heterocycles. The Morgan fingerprint density at radius 1 is 1.00 bits per heavy atom. The zero-order chi connectivity index (χ0) is 36.7. The molecule has 0 aliphatic heterocycles. The first-order valence-corrected chi connectivity index (χ1v) is 16.4. The number of hydrogen-bond donors (Lipinski definition) is 6. The average molecular weight is 720 g/mol. The third-order valence-corrected chi connectivity index (χ3v) is 8.40. The minimum atomic E-state index is -0.538. The van der Waals surface area contributed by atoms with Crippen LogP contribution in [0.5, 0.6) is 11.5 Å². The van der Waals surface area contributed by atoms with E-state index in [9.17, 15) is 19.5 Å². The summed E-state index contributed by atoms with van der Waals surface area (Å²) in [6.45, 7) is 9.44. The molecule has 0 fully saturated rings. The van der Waals surface area contributed by atoms with Crippen LogP contribution >= 0.6 is 23.2 Å². The number of ether oxygens (including phenoxy) is 1. The molecule has 50 heavy (non-hydrogen) atoms. The van der Waals surface area contributed by atoms with E-state index >= 15 is 0 Å². The van der Waals surface area contributed by atoms with Gasteiger partial charge in [-0.25, -0.2) is 4.79 Å². The standard InChI is InChI=1S/C37H40Cl2N6O5/c1-21-11-12-23(34(47)41-6)16-28(21)45-22(2)15-30(33(39)35(45)48)50-20-25-10-8-7-9-24(25)19-42-36(49)44-32(18-31(40)37(3,4)5)43-26-13-14-29(46)27(38)17-26/h7-18,40,43,46H,19-20H2,1-6H3,(H,41,47)(H2,42,44,49)/b32-18+,40-31?. The Labute approximate surface area is 300 Å². The minimum Gasteiger partial charge on any atom is -0.506 e. The van der Waals surface area contributed by atoms with Crippen molar-refractivity contribution in [3.8, 4) is 17.2 Å². The largest absolute Gasteiger partial charge is 0.506 e. The van der Waals surface area contributed by atoms with Crippen molar-refractivity contribution < 1.29 is 19.4 Å². The number of anilines is 1. The van der Waals surface area contributed by atoms with Crippen molar-refractivity contribution in [2.24, 2.45) is 5.41 Å². The highest BCUT2D eigenvalue weighted by Crippen LogP contribution is 2.28. The summed E-state index contributed by atoms with van der Waals surface area (Å²) in [6.07, 6.45) is 1.52. The Hall–Kier alpha value is -5.26. The Morgan fingerprint density at radius 3 is 2.36 bits per heavy atom. The third-order valence-electron chi connectivity index (χ3n) is 7.75. The van der Waals surface area contributed by atoms with Crippen LogP contribution in [-0.4, -0.2) is 34.4 Å². The van der Waals surface area contributed by atoms with E-state index in [2.05, 4.69) is 21.3 Å². The summed E-state index contributed by atoms with van der Waals surface area (Å²) in [5.41, 5.74) is 3.59. The van der Waals surface area contributed by atoms with Gasteiger partial charge in [-0.15, -0.1) is 0 Å². The highest BCUT2D eigenvalue weighted by molar-refractivity contribution is 6.32. The van der Waals surface area contributed by atoms with Crippen LogP contribution in [0.2, 0.25) is 10.0 Å². The van der Waals surface area contributed by atoms with Crippen molar-refractivity contribution in [3.63, 3.8) is 0 Å². The molecule has 0 saturated heterocycles. The summed E-state index contributed by atoms with van der Waals surface area (Å²) in [7, 11) is 1.54. The van der Waals surface area contributed by atoms with Crippen LogP contribution in [0.15, 0.2) is 83.4 Å². The van der Waals surface area contributed by atoms with E-state index in [0.717, 1.165) is 16.7 Å². The molecule has 0 saturated carbocycles. The first-order valence-electron chi connectivity index (χ1n) is 15.6. The SMILES string of the molecule is CNC(=O)c1ccc(C)c(-n2c(C)cc(OCc3ccccc3CNC(=O)N/C(=C/C(=N)C(C)(C)C)Nc3ccc(O)c(Cl)c3)c(Cl)c2=O)c1. The molecule has 4 rings (SSSR count). The van der Waals surface area contributed by atoms with Crippen LogP contribution in [0.4, 0.5) is 10.5 Å². The summed E-state index contributed by atoms with van der Waals surface area (Å²) >= 11 is 12.6. The lowest BCUT2D eigenvalue weighted by Crippen LogP contribution is -2.37. The van der Waals surface area contributed by atoms with E-state index in [1.54, 1.807) is 37.3 Å². The van der Waals surface area contributed by atoms with E-state index in [0.29, 0.717) is 22.6 Å². The lowest BCUT2D eigenvalue weighted by Gasteiger charge is -2.20. The van der Waals surface area contributed by atoms with Gasteiger partial charge in [-0.3, -0.25) is 19.5 Å². The predicted octanol–water partition coefficient (Wildman–Crippen LogP) is 7.22. The van der Waals surface area contributed by atoms with Gasteiger partial charge in [-0.05, 0) is 60.9 Å². The highest BCUT2D eigenvalue weighted by atomic mass is 35.5. The number of aryl methyl sites for hydroxylation is 2. The molecule has 262 valence electrons. The molecule has 0 atom stereocenters. The fourth-order valence-electron chi connectivity index (χ4n) is 4.79. The molecular formula is C37H40Cl2N6O5. The van der Waals surface area contributed by atoms with Gasteiger partial charge in [-0.2, -0.15) is 0 Å². The monoisotopic (exact) mass is 718 g/mol. The molecule has 0 aliphatic carbocycles. The topological polar surface area (TPSA) is 158 Å². The number of halogens is 2. The molecule has 0 unspecified atom stereocenters. The molecule has 0 radical (unpaired) electrons. The maximum Gasteiger partial charge on any atom is 0.320 e. The molecule has 3 aromatic carbocycles. The van der Waals surface area contributed by atoms with Crippen LogP contribution < -0.4 is 31.6 Å². The second-order valence-corrected chi connectivity index (χ2v) is 13.3. The Bertz CT molecular complexity index is 2030. The number of amides is 3. The number of benzene rings is 3. The van der Waals surface area contributed by atoms with Gasteiger partial charge in [0.2, 0.25) is 0 Å². The number of phenols is 1. The van der Waals surface area contributed by atoms with Crippen LogP contribution in [0.25, 0.3) is 5.69 Å². The van der Waals surface area contributed by atoms with Gasteiger partial charge in [0.05, 0.1) is 10.7 Å². The molecule has 4 aromatic rings. The number of nitrogens with zero attached hydrogens (tertiary/aromatic N) is 1. The maximum atomic E-state index is 13.5. The van der Waals surface area contributed by atoms with Gasteiger partial charge in [0.25, 0.3) is 11.5 Å². The van der Waals surface area contributed by atoms with Gasteiger partial charge in [0, 0.05) is 53.8 Å². The van der Waals surface area contributed by atoms with Crippen molar-refractivity contribution in [1.82, 2.24) is 20.5 Å². The summed E-state index contributed by atoms with van der Waals surface area (Å²) in [4.78, 5) is 38.8. The number of urea groups is 1. The summed E-state index contributed by atoms with van der Waals surface area (Å²) in [6, 6.07) is 18.1. The summed E-state index contributed by atoms with van der Waals surface area (Å²) in [5.74, 6) is 0.0708. The zero-order valence-corrected chi connectivity index (χ0v) is 30.1. The van der Waals surface area contributed by atoms with Crippen LogP contribution in [0, 0.1) is 24.7 Å². The van der Waals surface area contributed by atoms with Crippen molar-refractivity contribution in [3.05, 3.63) is 127 Å². The molecule has 0 aliphatic rings. The number of carbonyl (C=O) groups excluding carboxylic acids is 2. The number of aromatic hydroxyl groups is 1. The smallest absolute Gasteiger partial charge is 0.320 e. The first kappa shape index (κ1) is 37.6. The van der Waals surface area contributed by atoms with Crippen LogP contribution in [0.1, 0.15) is 53.5 Å². The molecule has 0 bridgehead atoms. The lowest BCUT2D eigenvalue weighted by atomic mass is 9.90. The second-order valence-electron chi connectivity index (χ2n) is 12.6. The molecule has 0 spiro atoms. The number of aromatic nitrogens is 1. The van der Waals surface area contributed by atoms with Crippen LogP contribution in [-0.2, 0) is 13.2 Å². The number of nitrogens with one attached hydrogen (secondary N) is 5. The lowest BCUT2D eigenvalue weighted by molar-refractivity contribution is 0.0963. The Balaban J connectivity index is 1.49. The zero-order valence-electron chi connectivity index (χ0n) is 28.6. The fourth-order valence-corrected chi connectivity index (χ4v) is 5.17. The molecule has 6 N–H and O–H groups in total. The molecule has 13 heteroatoms. The second kappa shape index (κ2) is 16.0. The minimum absolute atomic E-state index is 0.0599. The van der Waals surface area contributed by atoms with E-state index < -0.39 is 17.0 Å².